The Morgan fingerprint density at radius 2 is 1.81 bits per heavy atom. The van der Waals surface area contributed by atoms with Crippen LogP contribution in [0.2, 0.25) is 0 Å². The van der Waals surface area contributed by atoms with Crippen molar-refractivity contribution in [1.29, 1.82) is 0 Å². The number of carbonyl (C=O) groups excluding carboxylic acids is 1. The molecule has 7 nitrogen and oxygen atoms in total. The number of nitrogen functional groups attached to an aromatic ring is 1. The average molecular weight is 492 g/mol. The van der Waals surface area contributed by atoms with Gasteiger partial charge in [-0.05, 0) is 81.6 Å². The maximum absolute atomic E-state index is 13.7. The number of halogens is 1. The number of nitrogens with zero attached hydrogens (tertiary/aromatic N) is 4. The molecule has 1 aliphatic carbocycles. The van der Waals surface area contributed by atoms with Crippen LogP contribution in [0.25, 0.3) is 27.7 Å². The third kappa shape index (κ3) is 4.45. The maximum atomic E-state index is 13.7. The Kier molecular flexibility index (Phi) is 6.01. The molecule has 0 bridgehead atoms. The fraction of sp³-hybridized carbons (Fsp3) is 0.464. The van der Waals surface area contributed by atoms with Gasteiger partial charge < -0.3 is 19.9 Å². The molecule has 1 amide bonds. The first-order valence-electron chi connectivity index (χ1n) is 12.6. The number of benzene rings is 1. The average Bonchev–Trinajstić information content (AvgIpc) is 3.13. The van der Waals surface area contributed by atoms with Crippen molar-refractivity contribution in [2.75, 3.05) is 18.8 Å². The van der Waals surface area contributed by atoms with Crippen LogP contribution in [0.1, 0.15) is 58.6 Å². The summed E-state index contributed by atoms with van der Waals surface area (Å²) in [4.78, 5) is 23.1. The number of likely N-dealkylation sites (tertiary alicyclic amines) is 1. The smallest absolute Gasteiger partial charge is 0.410 e. The highest BCUT2D eigenvalue weighted by molar-refractivity contribution is 6.05. The van der Waals surface area contributed by atoms with Crippen molar-refractivity contribution in [3.8, 4) is 11.1 Å². The van der Waals surface area contributed by atoms with E-state index in [0.29, 0.717) is 5.82 Å². The third-order valence-corrected chi connectivity index (χ3v) is 7.62. The minimum absolute atomic E-state index is 0.196. The van der Waals surface area contributed by atoms with Gasteiger partial charge >= 0.3 is 6.09 Å². The van der Waals surface area contributed by atoms with Gasteiger partial charge in [0.25, 0.3) is 0 Å². The maximum Gasteiger partial charge on any atom is 0.410 e. The molecule has 1 spiro atoms. The van der Waals surface area contributed by atoms with Crippen LogP contribution in [0, 0.1) is 11.2 Å². The van der Waals surface area contributed by atoms with Crippen molar-refractivity contribution in [2.24, 2.45) is 12.5 Å². The lowest BCUT2D eigenvalue weighted by Crippen LogP contribution is -2.45. The van der Waals surface area contributed by atoms with Gasteiger partial charge in [-0.15, -0.1) is 0 Å². The number of rotatable bonds is 2. The predicted molar refractivity (Wildman–Crippen MR) is 140 cm³/mol. The van der Waals surface area contributed by atoms with Gasteiger partial charge in [-0.2, -0.15) is 0 Å². The lowest BCUT2D eigenvalue weighted by molar-refractivity contribution is 0.00896. The molecule has 1 fully saturated rings. The standard InChI is InChI=1S/C28H34FN5O2/c1-27(2,3)36-26(35)34-15-13-28(14-16-34)11-9-19(10-12-28)23-21(18-5-7-20(29)8-6-18)22-24(30)31-17-32-25(22)33(23)4/h5-9,17H,10-16H2,1-4H3,(H2,30,31,32). The summed E-state index contributed by atoms with van der Waals surface area (Å²) in [6.07, 6.45) is 8.46. The van der Waals surface area contributed by atoms with E-state index < -0.39 is 5.60 Å². The molecule has 3 heterocycles. The SMILES string of the molecule is Cn1c(C2=CCC3(CC2)CCN(C(=O)OC(C)(C)C)CC3)c(-c2ccc(F)cc2)c2c(N)ncnc21. The monoisotopic (exact) mass is 491 g/mol. The summed E-state index contributed by atoms with van der Waals surface area (Å²) in [5.74, 6) is 0.143. The molecule has 2 N–H and O–H groups in total. The van der Waals surface area contributed by atoms with Crippen molar-refractivity contribution >= 4 is 28.5 Å². The fourth-order valence-corrected chi connectivity index (χ4v) is 5.65. The molecule has 0 radical (unpaired) electrons. The summed E-state index contributed by atoms with van der Waals surface area (Å²) in [5.41, 5.74) is 11.0. The zero-order chi connectivity index (χ0) is 25.7. The van der Waals surface area contributed by atoms with Crippen LogP contribution >= 0.6 is 0 Å². The molecule has 1 aliphatic heterocycles. The molecular formula is C28H34FN5O2. The van der Waals surface area contributed by atoms with E-state index in [1.807, 2.05) is 32.7 Å². The van der Waals surface area contributed by atoms with Crippen LogP contribution in [-0.2, 0) is 11.8 Å². The molecule has 3 aromatic rings. The molecule has 2 aromatic heterocycles. The van der Waals surface area contributed by atoms with Gasteiger partial charge in [0, 0.05) is 25.7 Å². The molecule has 0 atom stereocenters. The van der Waals surface area contributed by atoms with Crippen LogP contribution in [-0.4, -0.2) is 44.2 Å². The molecule has 1 aromatic carbocycles. The number of aryl methyl sites for hydroxylation is 1. The number of aromatic nitrogens is 3. The summed E-state index contributed by atoms with van der Waals surface area (Å²) < 4.78 is 21.4. The number of carbonyl (C=O) groups is 1. The van der Waals surface area contributed by atoms with Crippen LogP contribution in [0.5, 0.6) is 0 Å². The molecule has 0 unspecified atom stereocenters. The highest BCUT2D eigenvalue weighted by atomic mass is 19.1. The number of ether oxygens (including phenoxy) is 1. The van der Waals surface area contributed by atoms with E-state index in [2.05, 4.69) is 20.6 Å². The number of fused-ring (bicyclic) bond motifs is 1. The van der Waals surface area contributed by atoms with E-state index >= 15 is 0 Å². The van der Waals surface area contributed by atoms with Crippen molar-refractivity contribution in [3.05, 3.63) is 48.2 Å². The molecule has 190 valence electrons. The van der Waals surface area contributed by atoms with E-state index in [1.54, 1.807) is 12.1 Å². The highest BCUT2D eigenvalue weighted by Crippen LogP contribution is 2.48. The second-order valence-electron chi connectivity index (χ2n) is 11.1. The number of hydrogen-bond acceptors (Lipinski definition) is 5. The lowest BCUT2D eigenvalue weighted by atomic mass is 9.68. The van der Waals surface area contributed by atoms with Crippen LogP contribution in [0.4, 0.5) is 15.0 Å². The second kappa shape index (κ2) is 8.91. The van der Waals surface area contributed by atoms with Gasteiger partial charge in [0.05, 0.1) is 11.1 Å². The Morgan fingerprint density at radius 3 is 2.42 bits per heavy atom. The second-order valence-corrected chi connectivity index (χ2v) is 11.1. The first kappa shape index (κ1) is 24.3. The van der Waals surface area contributed by atoms with Crippen LogP contribution in [0.3, 0.4) is 0 Å². The van der Waals surface area contributed by atoms with Crippen molar-refractivity contribution in [1.82, 2.24) is 19.4 Å². The molecular weight excluding hydrogens is 457 g/mol. The molecule has 1 saturated heterocycles. The number of amides is 1. The Balaban J connectivity index is 1.44. The quantitative estimate of drug-likeness (QED) is 0.479. The van der Waals surface area contributed by atoms with Crippen LogP contribution < -0.4 is 5.73 Å². The van der Waals surface area contributed by atoms with Crippen molar-refractivity contribution in [3.63, 3.8) is 0 Å². The van der Waals surface area contributed by atoms with Gasteiger partial charge in [-0.1, -0.05) is 18.2 Å². The molecule has 8 heteroatoms. The Bertz CT molecular complexity index is 1330. The summed E-state index contributed by atoms with van der Waals surface area (Å²) in [5, 5.41) is 0.800. The zero-order valence-electron chi connectivity index (χ0n) is 21.5. The number of anilines is 1. The minimum atomic E-state index is -0.483. The summed E-state index contributed by atoms with van der Waals surface area (Å²) >= 11 is 0. The number of hydrogen-bond donors (Lipinski definition) is 1. The largest absolute Gasteiger partial charge is 0.444 e. The lowest BCUT2D eigenvalue weighted by Gasteiger charge is -2.43. The third-order valence-electron chi connectivity index (χ3n) is 7.62. The van der Waals surface area contributed by atoms with E-state index in [4.69, 9.17) is 10.5 Å². The van der Waals surface area contributed by atoms with E-state index in [0.717, 1.165) is 73.0 Å². The topological polar surface area (TPSA) is 86.3 Å². The van der Waals surface area contributed by atoms with E-state index in [1.165, 1.54) is 24.0 Å². The minimum Gasteiger partial charge on any atom is -0.444 e. The number of nitrogens with two attached hydrogens (primary N) is 1. The number of piperidine rings is 1. The molecule has 0 saturated carbocycles. The Morgan fingerprint density at radius 1 is 1.11 bits per heavy atom. The first-order chi connectivity index (χ1) is 17.1. The Labute approximate surface area is 211 Å². The first-order valence-corrected chi connectivity index (χ1v) is 12.6. The normalized spacial score (nSPS) is 17.9. The summed E-state index contributed by atoms with van der Waals surface area (Å²) in [6, 6.07) is 6.52. The van der Waals surface area contributed by atoms with Crippen molar-refractivity contribution in [2.45, 2.75) is 58.5 Å². The van der Waals surface area contributed by atoms with Gasteiger partial charge in [0.15, 0.2) is 0 Å². The van der Waals surface area contributed by atoms with Crippen LogP contribution in [0.15, 0.2) is 36.7 Å². The fourth-order valence-electron chi connectivity index (χ4n) is 5.65. The van der Waals surface area contributed by atoms with E-state index in [9.17, 15) is 9.18 Å². The number of allylic oxidation sites excluding steroid dienone is 2. The van der Waals surface area contributed by atoms with Gasteiger partial charge in [0.2, 0.25) is 0 Å². The summed E-state index contributed by atoms with van der Waals surface area (Å²) in [6.45, 7) is 7.14. The highest BCUT2D eigenvalue weighted by Gasteiger charge is 2.38. The van der Waals surface area contributed by atoms with Crippen molar-refractivity contribution < 1.29 is 13.9 Å². The van der Waals surface area contributed by atoms with Gasteiger partial charge in [-0.25, -0.2) is 19.2 Å². The van der Waals surface area contributed by atoms with E-state index in [-0.39, 0.29) is 17.3 Å². The zero-order valence-corrected chi connectivity index (χ0v) is 21.5. The van der Waals surface area contributed by atoms with Gasteiger partial charge in [-0.3, -0.25) is 0 Å². The Hall–Kier alpha value is -3.42. The molecule has 36 heavy (non-hydrogen) atoms. The predicted octanol–water partition coefficient (Wildman–Crippen LogP) is 5.94. The molecule has 2 aliphatic rings. The summed E-state index contributed by atoms with van der Waals surface area (Å²) in [7, 11) is 2.00. The molecule has 5 rings (SSSR count). The van der Waals surface area contributed by atoms with Gasteiger partial charge in [0.1, 0.15) is 29.2 Å².